The Bertz CT molecular complexity index is 463. The van der Waals surface area contributed by atoms with Crippen LogP contribution >= 0.6 is 0 Å². The van der Waals surface area contributed by atoms with Crippen LogP contribution < -0.4 is 0 Å². The fourth-order valence-electron chi connectivity index (χ4n) is 1.34. The molecular weight excluding hydrogens is 188 g/mol. The van der Waals surface area contributed by atoms with Gasteiger partial charge in [-0.2, -0.15) is 0 Å². The molecule has 0 bridgehead atoms. The van der Waals surface area contributed by atoms with Crippen LogP contribution in [0.5, 0.6) is 0 Å². The first kappa shape index (κ1) is 9.52. The molecule has 0 spiro atoms. The highest BCUT2D eigenvalue weighted by Gasteiger charge is 2.01. The van der Waals surface area contributed by atoms with Crippen LogP contribution in [-0.4, -0.2) is 15.8 Å². The van der Waals surface area contributed by atoms with Gasteiger partial charge in [-0.1, -0.05) is 24.3 Å². The fourth-order valence-corrected chi connectivity index (χ4v) is 1.34. The van der Waals surface area contributed by atoms with Crippen molar-refractivity contribution in [2.45, 2.75) is 6.92 Å². The van der Waals surface area contributed by atoms with Gasteiger partial charge in [0.1, 0.15) is 6.33 Å². The number of carbonyl (C=O) groups excluding carboxylic acids is 1. The number of carbonyl (C=O) groups is 1. The van der Waals surface area contributed by atoms with Gasteiger partial charge >= 0.3 is 0 Å². The molecular formula is C12H10N2O. The number of rotatable bonds is 2. The molecule has 3 nitrogen and oxygen atoms in total. The van der Waals surface area contributed by atoms with E-state index in [1.807, 2.05) is 18.2 Å². The lowest BCUT2D eigenvalue weighted by molar-refractivity contribution is 0.101. The van der Waals surface area contributed by atoms with E-state index in [1.54, 1.807) is 25.3 Å². The molecule has 0 aliphatic rings. The van der Waals surface area contributed by atoms with Crippen LogP contribution in [0.4, 0.5) is 0 Å². The maximum absolute atomic E-state index is 11.1. The zero-order valence-electron chi connectivity index (χ0n) is 8.34. The summed E-state index contributed by atoms with van der Waals surface area (Å²) in [6.07, 6.45) is 3.20. The molecule has 0 radical (unpaired) electrons. The molecule has 0 saturated heterocycles. The minimum Gasteiger partial charge on any atom is -0.295 e. The number of ketones is 1. The summed E-state index contributed by atoms with van der Waals surface area (Å²) in [7, 11) is 0. The fraction of sp³-hybridized carbons (Fsp3) is 0.0833. The first-order valence-corrected chi connectivity index (χ1v) is 4.65. The summed E-state index contributed by atoms with van der Waals surface area (Å²) < 4.78 is 0. The molecule has 0 unspecified atom stereocenters. The smallest absolute Gasteiger partial charge is 0.159 e. The molecule has 2 aromatic rings. The quantitative estimate of drug-likeness (QED) is 0.695. The maximum atomic E-state index is 11.1. The average molecular weight is 198 g/mol. The van der Waals surface area contributed by atoms with E-state index < -0.39 is 0 Å². The van der Waals surface area contributed by atoms with E-state index >= 15 is 0 Å². The molecule has 74 valence electrons. The normalized spacial score (nSPS) is 9.93. The Hall–Kier alpha value is -2.03. The maximum Gasteiger partial charge on any atom is 0.159 e. The van der Waals surface area contributed by atoms with E-state index in [9.17, 15) is 4.79 Å². The molecule has 2 rings (SSSR count). The molecule has 3 heteroatoms. The lowest BCUT2D eigenvalue weighted by atomic mass is 10.1. The van der Waals surface area contributed by atoms with Crippen LogP contribution in [0.3, 0.4) is 0 Å². The third-order valence-electron chi connectivity index (χ3n) is 2.17. The van der Waals surface area contributed by atoms with Crippen molar-refractivity contribution in [3.05, 3.63) is 48.4 Å². The van der Waals surface area contributed by atoms with Crippen molar-refractivity contribution in [2.75, 3.05) is 0 Å². The molecule has 0 N–H and O–H groups in total. The standard InChI is InChI=1S/C12H10N2O/c1-9(15)10-2-4-11(5-3-10)12-6-7-13-8-14-12/h2-8H,1H3. The summed E-state index contributed by atoms with van der Waals surface area (Å²) in [5.74, 6) is 0.0734. The van der Waals surface area contributed by atoms with Gasteiger partial charge in [0.15, 0.2) is 5.78 Å². The zero-order valence-corrected chi connectivity index (χ0v) is 8.34. The van der Waals surface area contributed by atoms with Crippen LogP contribution in [-0.2, 0) is 0 Å². The molecule has 15 heavy (non-hydrogen) atoms. The van der Waals surface area contributed by atoms with Gasteiger partial charge in [-0.15, -0.1) is 0 Å². The van der Waals surface area contributed by atoms with Crippen LogP contribution in [0.15, 0.2) is 42.9 Å². The summed E-state index contributed by atoms with van der Waals surface area (Å²) in [5.41, 5.74) is 2.57. The first-order valence-electron chi connectivity index (χ1n) is 4.65. The SMILES string of the molecule is CC(=O)c1ccc(-c2ccncn2)cc1. The lowest BCUT2D eigenvalue weighted by Crippen LogP contribution is -1.91. The van der Waals surface area contributed by atoms with Crippen molar-refractivity contribution in [3.8, 4) is 11.3 Å². The van der Waals surface area contributed by atoms with Crippen molar-refractivity contribution in [1.29, 1.82) is 0 Å². The van der Waals surface area contributed by atoms with Gasteiger partial charge in [-0.05, 0) is 13.0 Å². The molecule has 0 saturated carbocycles. The number of aromatic nitrogens is 2. The minimum atomic E-state index is 0.0734. The minimum absolute atomic E-state index is 0.0734. The Balaban J connectivity index is 2.36. The highest BCUT2D eigenvalue weighted by atomic mass is 16.1. The van der Waals surface area contributed by atoms with E-state index in [0.717, 1.165) is 11.3 Å². The summed E-state index contributed by atoms with van der Waals surface area (Å²) in [4.78, 5) is 19.0. The Morgan fingerprint density at radius 3 is 2.40 bits per heavy atom. The van der Waals surface area contributed by atoms with Crippen molar-refractivity contribution < 1.29 is 4.79 Å². The predicted octanol–water partition coefficient (Wildman–Crippen LogP) is 2.35. The summed E-state index contributed by atoms with van der Waals surface area (Å²) >= 11 is 0. The highest BCUT2D eigenvalue weighted by Crippen LogP contribution is 2.16. The zero-order chi connectivity index (χ0) is 10.7. The summed E-state index contributed by atoms with van der Waals surface area (Å²) in [6, 6.07) is 9.22. The van der Waals surface area contributed by atoms with E-state index in [1.165, 1.54) is 6.33 Å². The molecule has 1 heterocycles. The Kier molecular flexibility index (Phi) is 2.54. The molecule has 0 atom stereocenters. The van der Waals surface area contributed by atoms with Crippen molar-refractivity contribution in [2.24, 2.45) is 0 Å². The number of hydrogen-bond donors (Lipinski definition) is 0. The van der Waals surface area contributed by atoms with Crippen LogP contribution in [0.25, 0.3) is 11.3 Å². The predicted molar refractivity (Wildman–Crippen MR) is 57.5 cm³/mol. The van der Waals surface area contributed by atoms with Gasteiger partial charge in [-0.25, -0.2) is 9.97 Å². The van der Waals surface area contributed by atoms with E-state index in [0.29, 0.717) is 5.56 Å². The van der Waals surface area contributed by atoms with E-state index in [4.69, 9.17) is 0 Å². The Morgan fingerprint density at radius 2 is 1.87 bits per heavy atom. The second-order valence-corrected chi connectivity index (χ2v) is 3.23. The van der Waals surface area contributed by atoms with Crippen molar-refractivity contribution >= 4 is 5.78 Å². The average Bonchev–Trinajstić information content (AvgIpc) is 2.30. The molecule has 0 aliphatic heterocycles. The van der Waals surface area contributed by atoms with E-state index in [-0.39, 0.29) is 5.78 Å². The van der Waals surface area contributed by atoms with Gasteiger partial charge in [0.05, 0.1) is 5.69 Å². The molecule has 1 aromatic heterocycles. The largest absolute Gasteiger partial charge is 0.295 e. The van der Waals surface area contributed by atoms with Gasteiger partial charge in [-0.3, -0.25) is 4.79 Å². The summed E-state index contributed by atoms with van der Waals surface area (Å²) in [5, 5.41) is 0. The number of nitrogens with zero attached hydrogens (tertiary/aromatic N) is 2. The van der Waals surface area contributed by atoms with Crippen LogP contribution in [0.1, 0.15) is 17.3 Å². The first-order chi connectivity index (χ1) is 7.27. The van der Waals surface area contributed by atoms with Crippen LogP contribution in [0.2, 0.25) is 0 Å². The van der Waals surface area contributed by atoms with Gasteiger partial charge < -0.3 is 0 Å². The number of Topliss-reactive ketones (excluding diaryl/α,β-unsaturated/α-hetero) is 1. The number of hydrogen-bond acceptors (Lipinski definition) is 3. The third-order valence-corrected chi connectivity index (χ3v) is 2.17. The van der Waals surface area contributed by atoms with Gasteiger partial charge in [0.2, 0.25) is 0 Å². The molecule has 0 amide bonds. The van der Waals surface area contributed by atoms with Crippen molar-refractivity contribution in [1.82, 2.24) is 9.97 Å². The Morgan fingerprint density at radius 1 is 1.13 bits per heavy atom. The topological polar surface area (TPSA) is 42.9 Å². The van der Waals surface area contributed by atoms with Crippen LogP contribution in [0, 0.1) is 0 Å². The second kappa shape index (κ2) is 4.00. The van der Waals surface area contributed by atoms with Gasteiger partial charge in [0.25, 0.3) is 0 Å². The number of benzene rings is 1. The lowest BCUT2D eigenvalue weighted by Gasteiger charge is -2.00. The third kappa shape index (κ3) is 2.07. The van der Waals surface area contributed by atoms with Crippen molar-refractivity contribution in [3.63, 3.8) is 0 Å². The highest BCUT2D eigenvalue weighted by molar-refractivity contribution is 5.94. The van der Waals surface area contributed by atoms with Gasteiger partial charge in [0, 0.05) is 17.3 Å². The Labute approximate surface area is 87.8 Å². The molecule has 0 aliphatic carbocycles. The van der Waals surface area contributed by atoms with E-state index in [2.05, 4.69) is 9.97 Å². The molecule has 1 aromatic carbocycles. The summed E-state index contributed by atoms with van der Waals surface area (Å²) in [6.45, 7) is 1.56. The monoisotopic (exact) mass is 198 g/mol. The second-order valence-electron chi connectivity index (χ2n) is 3.23. The molecule has 0 fully saturated rings.